The molecule has 1 heterocycles. The topological polar surface area (TPSA) is 33.1 Å². The van der Waals surface area contributed by atoms with Gasteiger partial charge in [0.05, 0.1) is 5.69 Å². The normalized spacial score (nSPS) is 11.7. The van der Waals surface area contributed by atoms with Crippen molar-refractivity contribution in [2.45, 2.75) is 32.8 Å². The summed E-state index contributed by atoms with van der Waals surface area (Å²) in [5.74, 6) is 0. The Kier molecular flexibility index (Phi) is 2.48. The molecule has 1 aromatic heterocycles. The van der Waals surface area contributed by atoms with Crippen LogP contribution >= 0.6 is 0 Å². The fourth-order valence-electron chi connectivity index (χ4n) is 1.02. The number of aromatic nitrogens is 1. The summed E-state index contributed by atoms with van der Waals surface area (Å²) in [5, 5.41) is 9.65. The standard InChI is InChI=1S/C10H15NO/c1-4-8-6-5-7-9(11-8)10(2,3)12/h5-7,12H,4H2,1-3H3. The van der Waals surface area contributed by atoms with Gasteiger partial charge in [0.2, 0.25) is 0 Å². The molecule has 12 heavy (non-hydrogen) atoms. The third-order valence-electron chi connectivity index (χ3n) is 1.80. The maximum atomic E-state index is 9.65. The molecule has 1 N–H and O–H groups in total. The molecule has 2 nitrogen and oxygen atoms in total. The Labute approximate surface area is 73.3 Å². The number of pyridine rings is 1. The second kappa shape index (κ2) is 3.23. The first-order chi connectivity index (χ1) is 5.54. The predicted molar refractivity (Wildman–Crippen MR) is 48.9 cm³/mol. The molecule has 2 heteroatoms. The number of rotatable bonds is 2. The summed E-state index contributed by atoms with van der Waals surface area (Å²) < 4.78 is 0. The van der Waals surface area contributed by atoms with E-state index in [1.54, 1.807) is 13.8 Å². The summed E-state index contributed by atoms with van der Waals surface area (Å²) >= 11 is 0. The van der Waals surface area contributed by atoms with E-state index >= 15 is 0 Å². The zero-order valence-corrected chi connectivity index (χ0v) is 7.83. The molecule has 0 aliphatic carbocycles. The van der Waals surface area contributed by atoms with Crippen LogP contribution < -0.4 is 0 Å². The van der Waals surface area contributed by atoms with Gasteiger partial charge in [-0.15, -0.1) is 0 Å². The molecule has 1 aromatic rings. The first kappa shape index (κ1) is 9.20. The van der Waals surface area contributed by atoms with E-state index in [-0.39, 0.29) is 0 Å². The van der Waals surface area contributed by atoms with Crippen molar-refractivity contribution in [3.8, 4) is 0 Å². The van der Waals surface area contributed by atoms with Crippen molar-refractivity contribution in [3.63, 3.8) is 0 Å². The van der Waals surface area contributed by atoms with E-state index in [2.05, 4.69) is 11.9 Å². The highest BCUT2D eigenvalue weighted by Gasteiger charge is 2.16. The van der Waals surface area contributed by atoms with Crippen LogP contribution in [0.25, 0.3) is 0 Å². The highest BCUT2D eigenvalue weighted by Crippen LogP contribution is 2.16. The third kappa shape index (κ3) is 2.05. The van der Waals surface area contributed by atoms with Gasteiger partial charge in [0.15, 0.2) is 0 Å². The summed E-state index contributed by atoms with van der Waals surface area (Å²) in [6.45, 7) is 5.54. The van der Waals surface area contributed by atoms with Crippen LogP contribution in [-0.2, 0) is 12.0 Å². The number of hydrogen-bond donors (Lipinski definition) is 1. The van der Waals surface area contributed by atoms with E-state index in [1.807, 2.05) is 18.2 Å². The van der Waals surface area contributed by atoms with Crippen LogP contribution in [-0.4, -0.2) is 10.1 Å². The molecule has 0 radical (unpaired) electrons. The molecule has 0 saturated carbocycles. The van der Waals surface area contributed by atoms with E-state index < -0.39 is 5.60 Å². The molecule has 0 aliphatic heterocycles. The van der Waals surface area contributed by atoms with Crippen molar-refractivity contribution in [1.29, 1.82) is 0 Å². The first-order valence-corrected chi connectivity index (χ1v) is 4.23. The molecule has 66 valence electrons. The minimum absolute atomic E-state index is 0.738. The van der Waals surface area contributed by atoms with Gasteiger partial charge in [-0.3, -0.25) is 4.98 Å². The van der Waals surface area contributed by atoms with Crippen molar-refractivity contribution in [1.82, 2.24) is 4.98 Å². The molecule has 0 spiro atoms. The van der Waals surface area contributed by atoms with Crippen molar-refractivity contribution < 1.29 is 5.11 Å². The number of aryl methyl sites for hydroxylation is 1. The highest BCUT2D eigenvalue weighted by atomic mass is 16.3. The number of aliphatic hydroxyl groups is 1. The molecule has 1 rings (SSSR count). The second-order valence-corrected chi connectivity index (χ2v) is 3.43. The average molecular weight is 165 g/mol. The van der Waals surface area contributed by atoms with Gasteiger partial charge in [0.25, 0.3) is 0 Å². The Balaban J connectivity index is 3.02. The van der Waals surface area contributed by atoms with Crippen LogP contribution in [0.4, 0.5) is 0 Å². The molecular weight excluding hydrogens is 150 g/mol. The molecule has 0 amide bonds. The lowest BCUT2D eigenvalue weighted by molar-refractivity contribution is 0.0736. The fraction of sp³-hybridized carbons (Fsp3) is 0.500. The summed E-state index contributed by atoms with van der Waals surface area (Å²) in [5.41, 5.74) is 0.932. The third-order valence-corrected chi connectivity index (χ3v) is 1.80. The van der Waals surface area contributed by atoms with Gasteiger partial charge >= 0.3 is 0 Å². The van der Waals surface area contributed by atoms with Gasteiger partial charge in [0, 0.05) is 5.69 Å². The van der Waals surface area contributed by atoms with Crippen LogP contribution in [0.5, 0.6) is 0 Å². The Hall–Kier alpha value is -0.890. The maximum Gasteiger partial charge on any atom is 0.101 e. The van der Waals surface area contributed by atoms with Gasteiger partial charge in [-0.25, -0.2) is 0 Å². The highest BCUT2D eigenvalue weighted by molar-refractivity contribution is 5.15. The molecule has 0 saturated heterocycles. The van der Waals surface area contributed by atoms with Gasteiger partial charge in [-0.1, -0.05) is 13.0 Å². The molecule has 0 bridgehead atoms. The molecular formula is C10H15NO. The SMILES string of the molecule is CCc1cccc(C(C)(C)O)n1. The molecule has 0 atom stereocenters. The van der Waals surface area contributed by atoms with E-state index in [1.165, 1.54) is 0 Å². The zero-order chi connectivity index (χ0) is 9.19. The maximum absolute atomic E-state index is 9.65. The van der Waals surface area contributed by atoms with Crippen LogP contribution in [0.1, 0.15) is 32.2 Å². The Bertz CT molecular complexity index is 263. The van der Waals surface area contributed by atoms with E-state index in [9.17, 15) is 5.11 Å². The quantitative estimate of drug-likeness (QED) is 0.725. The average Bonchev–Trinajstić information content (AvgIpc) is 2.03. The van der Waals surface area contributed by atoms with Crippen molar-refractivity contribution in [3.05, 3.63) is 29.6 Å². The summed E-state index contributed by atoms with van der Waals surface area (Å²) in [6, 6.07) is 5.74. The van der Waals surface area contributed by atoms with Crippen molar-refractivity contribution in [2.24, 2.45) is 0 Å². The minimum atomic E-state index is -0.828. The van der Waals surface area contributed by atoms with Crippen molar-refractivity contribution in [2.75, 3.05) is 0 Å². The largest absolute Gasteiger partial charge is 0.384 e. The molecule has 0 unspecified atom stereocenters. The summed E-state index contributed by atoms with van der Waals surface area (Å²) in [7, 11) is 0. The Morgan fingerprint density at radius 2 is 2.08 bits per heavy atom. The monoisotopic (exact) mass is 165 g/mol. The lowest BCUT2D eigenvalue weighted by Crippen LogP contribution is -2.17. The van der Waals surface area contributed by atoms with Crippen LogP contribution in [0.15, 0.2) is 18.2 Å². The fourth-order valence-corrected chi connectivity index (χ4v) is 1.02. The minimum Gasteiger partial charge on any atom is -0.384 e. The molecule has 0 fully saturated rings. The lowest BCUT2D eigenvalue weighted by atomic mass is 10.0. The second-order valence-electron chi connectivity index (χ2n) is 3.43. The number of hydrogen-bond acceptors (Lipinski definition) is 2. The van der Waals surface area contributed by atoms with Crippen LogP contribution in [0.3, 0.4) is 0 Å². The molecule has 0 aromatic carbocycles. The zero-order valence-electron chi connectivity index (χ0n) is 7.83. The summed E-state index contributed by atoms with van der Waals surface area (Å²) in [4.78, 5) is 4.31. The van der Waals surface area contributed by atoms with Crippen LogP contribution in [0.2, 0.25) is 0 Å². The Morgan fingerprint density at radius 3 is 2.58 bits per heavy atom. The summed E-state index contributed by atoms with van der Waals surface area (Å²) in [6.07, 6.45) is 0.907. The van der Waals surface area contributed by atoms with E-state index in [4.69, 9.17) is 0 Å². The van der Waals surface area contributed by atoms with E-state index in [0.29, 0.717) is 0 Å². The van der Waals surface area contributed by atoms with Crippen LogP contribution in [0, 0.1) is 0 Å². The van der Waals surface area contributed by atoms with E-state index in [0.717, 1.165) is 17.8 Å². The first-order valence-electron chi connectivity index (χ1n) is 4.23. The van der Waals surface area contributed by atoms with Gasteiger partial charge in [-0.2, -0.15) is 0 Å². The van der Waals surface area contributed by atoms with Crippen molar-refractivity contribution >= 4 is 0 Å². The smallest absolute Gasteiger partial charge is 0.101 e. The van der Waals surface area contributed by atoms with Gasteiger partial charge in [0.1, 0.15) is 5.60 Å². The van der Waals surface area contributed by atoms with Gasteiger partial charge in [-0.05, 0) is 32.4 Å². The molecule has 0 aliphatic rings. The predicted octanol–water partition coefficient (Wildman–Crippen LogP) is 1.87. The lowest BCUT2D eigenvalue weighted by Gasteiger charge is -2.16. The van der Waals surface area contributed by atoms with Gasteiger partial charge < -0.3 is 5.11 Å². The Morgan fingerprint density at radius 1 is 1.42 bits per heavy atom. The number of nitrogens with zero attached hydrogens (tertiary/aromatic N) is 1.